The first-order valence-electron chi connectivity index (χ1n) is 7.50. The van der Waals surface area contributed by atoms with Crippen molar-refractivity contribution in [3.63, 3.8) is 0 Å². The molecular formula is C17H20N4O3. The van der Waals surface area contributed by atoms with E-state index >= 15 is 0 Å². The Morgan fingerprint density at radius 3 is 2.79 bits per heavy atom. The number of carbonyl (C=O) groups is 2. The van der Waals surface area contributed by atoms with Gasteiger partial charge >= 0.3 is 5.97 Å². The fourth-order valence-electron chi connectivity index (χ4n) is 2.25. The molecule has 2 aromatic rings. The highest BCUT2D eigenvalue weighted by Gasteiger charge is 2.16. The van der Waals surface area contributed by atoms with Gasteiger partial charge in [0.05, 0.1) is 19.2 Å². The number of hydrogen-bond donors (Lipinski definition) is 1. The summed E-state index contributed by atoms with van der Waals surface area (Å²) in [5.41, 5.74) is 2.54. The molecule has 0 aliphatic carbocycles. The van der Waals surface area contributed by atoms with Gasteiger partial charge in [-0.3, -0.25) is 4.79 Å². The topological polar surface area (TPSA) is 86.1 Å². The van der Waals surface area contributed by atoms with Gasteiger partial charge in [0.25, 0.3) is 0 Å². The third-order valence-corrected chi connectivity index (χ3v) is 3.52. The molecule has 0 aliphatic rings. The van der Waals surface area contributed by atoms with Crippen molar-refractivity contribution in [2.45, 2.75) is 20.3 Å². The average molecular weight is 328 g/mol. The molecule has 7 nitrogen and oxygen atoms in total. The summed E-state index contributed by atoms with van der Waals surface area (Å²) >= 11 is 0. The van der Waals surface area contributed by atoms with E-state index in [4.69, 9.17) is 0 Å². The number of pyridine rings is 1. The van der Waals surface area contributed by atoms with Crippen LogP contribution in [0.4, 0.5) is 0 Å². The summed E-state index contributed by atoms with van der Waals surface area (Å²) in [6, 6.07) is 5.59. The minimum atomic E-state index is -0.451. The Morgan fingerprint density at radius 1 is 1.33 bits per heavy atom. The van der Waals surface area contributed by atoms with E-state index in [0.717, 1.165) is 17.0 Å². The average Bonchev–Trinajstić information content (AvgIpc) is 2.87. The minimum absolute atomic E-state index is 0.142. The molecule has 7 heteroatoms. The van der Waals surface area contributed by atoms with Gasteiger partial charge in [0.1, 0.15) is 0 Å². The van der Waals surface area contributed by atoms with Crippen molar-refractivity contribution in [3.8, 4) is 5.82 Å². The third kappa shape index (κ3) is 4.28. The lowest BCUT2D eigenvalue weighted by molar-refractivity contribution is -0.134. The molecule has 0 aliphatic heterocycles. The molecule has 0 saturated heterocycles. The summed E-state index contributed by atoms with van der Waals surface area (Å²) in [6.07, 6.45) is 4.74. The zero-order valence-corrected chi connectivity index (χ0v) is 13.9. The zero-order valence-electron chi connectivity index (χ0n) is 13.9. The SMILES string of the molecule is COC(=O)/C=C/CNC(=O)Cc1c(C)nn(-c2ccccn2)c1C. The summed E-state index contributed by atoms with van der Waals surface area (Å²) in [7, 11) is 1.30. The number of aryl methyl sites for hydroxylation is 1. The van der Waals surface area contributed by atoms with Gasteiger partial charge in [-0.05, 0) is 26.0 Å². The summed E-state index contributed by atoms with van der Waals surface area (Å²) in [5.74, 6) is 0.120. The lowest BCUT2D eigenvalue weighted by Gasteiger charge is -2.05. The van der Waals surface area contributed by atoms with Crippen LogP contribution in [0.2, 0.25) is 0 Å². The van der Waals surface area contributed by atoms with Gasteiger partial charge < -0.3 is 10.1 Å². The molecule has 1 N–H and O–H groups in total. The third-order valence-electron chi connectivity index (χ3n) is 3.52. The van der Waals surface area contributed by atoms with Crippen LogP contribution in [0.25, 0.3) is 5.82 Å². The standard InChI is InChI=1S/C17H20N4O3/c1-12-14(11-16(22)19-10-6-8-17(23)24-3)13(2)21(20-12)15-7-4-5-9-18-15/h4-9H,10-11H2,1-3H3,(H,19,22)/b8-6+. The van der Waals surface area contributed by atoms with Crippen molar-refractivity contribution in [2.24, 2.45) is 0 Å². The van der Waals surface area contributed by atoms with Crippen molar-refractivity contribution in [2.75, 3.05) is 13.7 Å². The van der Waals surface area contributed by atoms with Crippen molar-refractivity contribution in [3.05, 3.63) is 53.5 Å². The maximum Gasteiger partial charge on any atom is 0.330 e. The van der Waals surface area contributed by atoms with Crippen molar-refractivity contribution in [1.29, 1.82) is 0 Å². The monoisotopic (exact) mass is 328 g/mol. The molecule has 0 spiro atoms. The number of carbonyl (C=O) groups excluding carboxylic acids is 2. The molecule has 24 heavy (non-hydrogen) atoms. The van der Waals surface area contributed by atoms with E-state index in [9.17, 15) is 9.59 Å². The van der Waals surface area contributed by atoms with Crippen LogP contribution in [0.15, 0.2) is 36.5 Å². The Labute approximate surface area is 140 Å². The fourth-order valence-corrected chi connectivity index (χ4v) is 2.25. The van der Waals surface area contributed by atoms with Gasteiger partial charge in [-0.2, -0.15) is 5.10 Å². The van der Waals surface area contributed by atoms with Crippen LogP contribution in [0.3, 0.4) is 0 Å². The van der Waals surface area contributed by atoms with Gasteiger partial charge in [0.2, 0.25) is 5.91 Å². The molecular weight excluding hydrogens is 308 g/mol. The molecule has 0 unspecified atom stereocenters. The summed E-state index contributed by atoms with van der Waals surface area (Å²) in [4.78, 5) is 27.3. The summed E-state index contributed by atoms with van der Waals surface area (Å²) in [5, 5.41) is 7.19. The first-order chi connectivity index (χ1) is 11.5. The predicted molar refractivity (Wildman–Crippen MR) is 88.7 cm³/mol. The first-order valence-corrected chi connectivity index (χ1v) is 7.50. The van der Waals surface area contributed by atoms with Gasteiger partial charge in [-0.1, -0.05) is 12.1 Å². The van der Waals surface area contributed by atoms with E-state index in [1.165, 1.54) is 13.2 Å². The van der Waals surface area contributed by atoms with Crippen LogP contribution >= 0.6 is 0 Å². The second kappa shape index (κ2) is 8.05. The van der Waals surface area contributed by atoms with E-state index in [1.807, 2.05) is 32.0 Å². The molecule has 0 radical (unpaired) electrons. The van der Waals surface area contributed by atoms with E-state index in [-0.39, 0.29) is 18.9 Å². The molecule has 2 aromatic heterocycles. The molecule has 2 rings (SSSR count). The van der Waals surface area contributed by atoms with Crippen LogP contribution in [-0.4, -0.2) is 40.3 Å². The number of aromatic nitrogens is 3. The normalized spacial score (nSPS) is 10.8. The molecule has 0 atom stereocenters. The van der Waals surface area contributed by atoms with E-state index in [0.29, 0.717) is 5.82 Å². The fraction of sp³-hybridized carbons (Fsp3) is 0.294. The number of methoxy groups -OCH3 is 1. The molecule has 126 valence electrons. The number of esters is 1. The van der Waals surface area contributed by atoms with E-state index < -0.39 is 5.97 Å². The maximum atomic E-state index is 12.1. The lowest BCUT2D eigenvalue weighted by atomic mass is 10.1. The Bertz CT molecular complexity index is 751. The highest BCUT2D eigenvalue weighted by molar-refractivity contribution is 5.82. The van der Waals surface area contributed by atoms with Crippen LogP contribution in [0, 0.1) is 13.8 Å². The van der Waals surface area contributed by atoms with E-state index in [2.05, 4.69) is 20.1 Å². The number of nitrogens with zero attached hydrogens (tertiary/aromatic N) is 3. The van der Waals surface area contributed by atoms with Gasteiger partial charge in [0, 0.05) is 30.1 Å². The highest BCUT2D eigenvalue weighted by Crippen LogP contribution is 2.17. The Balaban J connectivity index is 2.03. The smallest absolute Gasteiger partial charge is 0.330 e. The molecule has 0 aromatic carbocycles. The Morgan fingerprint density at radius 2 is 2.12 bits per heavy atom. The van der Waals surface area contributed by atoms with Crippen molar-refractivity contribution >= 4 is 11.9 Å². The van der Waals surface area contributed by atoms with E-state index in [1.54, 1.807) is 17.0 Å². The second-order valence-electron chi connectivity index (χ2n) is 5.16. The summed E-state index contributed by atoms with van der Waals surface area (Å²) in [6.45, 7) is 4.04. The van der Waals surface area contributed by atoms with Gasteiger partial charge in [0.15, 0.2) is 5.82 Å². The first kappa shape index (κ1) is 17.4. The van der Waals surface area contributed by atoms with Crippen molar-refractivity contribution in [1.82, 2.24) is 20.1 Å². The van der Waals surface area contributed by atoms with Crippen LogP contribution in [-0.2, 0) is 20.7 Å². The van der Waals surface area contributed by atoms with Gasteiger partial charge in [-0.25, -0.2) is 14.5 Å². The summed E-state index contributed by atoms with van der Waals surface area (Å²) < 4.78 is 6.21. The number of amides is 1. The largest absolute Gasteiger partial charge is 0.466 e. The number of hydrogen-bond acceptors (Lipinski definition) is 5. The maximum absolute atomic E-state index is 12.1. The van der Waals surface area contributed by atoms with Crippen molar-refractivity contribution < 1.29 is 14.3 Å². The number of ether oxygens (including phenoxy) is 1. The second-order valence-corrected chi connectivity index (χ2v) is 5.16. The minimum Gasteiger partial charge on any atom is -0.466 e. The molecule has 0 bridgehead atoms. The molecule has 1 amide bonds. The Kier molecular flexibility index (Phi) is 5.83. The quantitative estimate of drug-likeness (QED) is 0.637. The molecule has 2 heterocycles. The number of nitrogens with one attached hydrogen (secondary N) is 1. The zero-order chi connectivity index (χ0) is 17.5. The molecule has 0 saturated carbocycles. The van der Waals surface area contributed by atoms with Crippen LogP contribution in [0.5, 0.6) is 0 Å². The molecule has 0 fully saturated rings. The predicted octanol–water partition coefficient (Wildman–Crippen LogP) is 1.27. The van der Waals surface area contributed by atoms with Crippen LogP contribution in [0.1, 0.15) is 17.0 Å². The lowest BCUT2D eigenvalue weighted by Crippen LogP contribution is -2.25. The van der Waals surface area contributed by atoms with Crippen LogP contribution < -0.4 is 5.32 Å². The number of rotatable bonds is 6. The Hall–Kier alpha value is -2.96. The van der Waals surface area contributed by atoms with Gasteiger partial charge in [-0.15, -0.1) is 0 Å². The highest BCUT2D eigenvalue weighted by atomic mass is 16.5.